The normalized spacial score (nSPS) is 10.5. The fraction of sp³-hybridized carbons (Fsp3) is 0.0667. The maximum Gasteiger partial charge on any atom is 0.294 e. The van der Waals surface area contributed by atoms with Gasteiger partial charge in [-0.15, -0.1) is 0 Å². The number of hydrogen-bond acceptors (Lipinski definition) is 4. The Morgan fingerprint density at radius 3 is 2.76 bits per heavy atom. The van der Waals surface area contributed by atoms with Crippen LogP contribution in [0.4, 0.5) is 5.69 Å². The Kier molecular flexibility index (Phi) is 2.88. The van der Waals surface area contributed by atoms with Crippen molar-refractivity contribution in [2.75, 3.05) is 0 Å². The predicted octanol–water partition coefficient (Wildman–Crippen LogP) is 3.11. The third-order valence-corrected chi connectivity index (χ3v) is 3.27. The number of nitrogens with zero attached hydrogens (tertiary/aromatic N) is 4. The van der Waals surface area contributed by atoms with Gasteiger partial charge in [-0.25, -0.2) is 4.98 Å². The van der Waals surface area contributed by atoms with Crippen molar-refractivity contribution in [2.45, 2.75) is 6.92 Å². The number of benzene rings is 2. The van der Waals surface area contributed by atoms with Gasteiger partial charge < -0.3 is 0 Å². The molecule has 0 bridgehead atoms. The number of para-hydroxylation sites is 2. The second-order valence-corrected chi connectivity index (χ2v) is 4.56. The number of aryl methyl sites for hydroxylation is 1. The van der Waals surface area contributed by atoms with Gasteiger partial charge in [0.05, 0.1) is 27.6 Å². The zero-order chi connectivity index (χ0) is 15.0. The van der Waals surface area contributed by atoms with E-state index in [2.05, 4.69) is 4.98 Å². The smallest absolute Gasteiger partial charge is 0.290 e. The van der Waals surface area contributed by atoms with Gasteiger partial charge in [0.1, 0.15) is 11.5 Å². The lowest BCUT2D eigenvalue weighted by atomic mass is 10.2. The number of rotatable bonds is 2. The third kappa shape index (κ3) is 2.01. The molecule has 6 nitrogen and oxygen atoms in total. The van der Waals surface area contributed by atoms with Crippen molar-refractivity contribution in [1.29, 1.82) is 5.26 Å². The van der Waals surface area contributed by atoms with Crippen molar-refractivity contribution < 1.29 is 4.92 Å². The molecule has 1 aromatic heterocycles. The minimum absolute atomic E-state index is 0.111. The van der Waals surface area contributed by atoms with Gasteiger partial charge in [-0.1, -0.05) is 12.1 Å². The highest BCUT2D eigenvalue weighted by atomic mass is 16.6. The number of hydrogen-bond donors (Lipinski definition) is 0. The van der Waals surface area contributed by atoms with E-state index in [0.717, 1.165) is 11.0 Å². The predicted molar refractivity (Wildman–Crippen MR) is 77.2 cm³/mol. The first-order valence-electron chi connectivity index (χ1n) is 6.25. The molecule has 0 saturated carbocycles. The maximum atomic E-state index is 11.3. The van der Waals surface area contributed by atoms with Gasteiger partial charge in [-0.3, -0.25) is 14.7 Å². The summed E-state index contributed by atoms with van der Waals surface area (Å²) >= 11 is 0. The Bertz CT molecular complexity index is 906. The molecular weight excluding hydrogens is 268 g/mol. The van der Waals surface area contributed by atoms with E-state index < -0.39 is 4.92 Å². The van der Waals surface area contributed by atoms with E-state index in [9.17, 15) is 10.1 Å². The van der Waals surface area contributed by atoms with E-state index in [0.29, 0.717) is 11.5 Å². The van der Waals surface area contributed by atoms with Crippen molar-refractivity contribution in [1.82, 2.24) is 9.55 Å². The average Bonchev–Trinajstić information content (AvgIpc) is 2.82. The highest BCUT2D eigenvalue weighted by Crippen LogP contribution is 2.29. The number of nitro groups is 1. The molecule has 0 N–H and O–H groups in total. The Morgan fingerprint density at radius 1 is 1.29 bits per heavy atom. The van der Waals surface area contributed by atoms with Crippen molar-refractivity contribution in [3.8, 4) is 11.8 Å². The molecule has 0 amide bonds. The molecule has 2 aromatic carbocycles. The minimum atomic E-state index is -0.482. The Morgan fingerprint density at radius 2 is 2.05 bits per heavy atom. The summed E-state index contributed by atoms with van der Waals surface area (Å²) in [5.41, 5.74) is 2.12. The summed E-state index contributed by atoms with van der Waals surface area (Å²) in [6.45, 7) is 1.79. The van der Waals surface area contributed by atoms with Crippen LogP contribution in [0.5, 0.6) is 0 Å². The topological polar surface area (TPSA) is 84.8 Å². The monoisotopic (exact) mass is 278 g/mol. The van der Waals surface area contributed by atoms with Gasteiger partial charge in [0, 0.05) is 6.07 Å². The molecule has 102 valence electrons. The van der Waals surface area contributed by atoms with Crippen LogP contribution < -0.4 is 0 Å². The zero-order valence-corrected chi connectivity index (χ0v) is 11.1. The van der Waals surface area contributed by atoms with Crippen LogP contribution in [0.15, 0.2) is 42.5 Å². The van der Waals surface area contributed by atoms with E-state index in [1.807, 2.05) is 30.3 Å². The van der Waals surface area contributed by atoms with Gasteiger partial charge in [0.15, 0.2) is 0 Å². The average molecular weight is 278 g/mol. The molecule has 3 rings (SSSR count). The second kappa shape index (κ2) is 4.72. The fourth-order valence-electron chi connectivity index (χ4n) is 2.38. The lowest BCUT2D eigenvalue weighted by molar-refractivity contribution is -0.384. The lowest BCUT2D eigenvalue weighted by Crippen LogP contribution is -2.02. The van der Waals surface area contributed by atoms with Gasteiger partial charge in [0.2, 0.25) is 0 Å². The van der Waals surface area contributed by atoms with E-state index in [4.69, 9.17) is 5.26 Å². The van der Waals surface area contributed by atoms with Crippen LogP contribution in [-0.4, -0.2) is 14.5 Å². The molecule has 0 radical (unpaired) electrons. The first-order chi connectivity index (χ1) is 10.1. The maximum absolute atomic E-state index is 11.3. The third-order valence-electron chi connectivity index (χ3n) is 3.27. The molecule has 6 heteroatoms. The molecule has 0 aliphatic rings. The van der Waals surface area contributed by atoms with Crippen molar-refractivity contribution in [2.24, 2.45) is 0 Å². The van der Waals surface area contributed by atoms with Gasteiger partial charge in [0.25, 0.3) is 5.69 Å². The summed E-state index contributed by atoms with van der Waals surface area (Å²) in [5, 5.41) is 20.2. The van der Waals surface area contributed by atoms with Crippen molar-refractivity contribution >= 4 is 16.7 Å². The number of nitro benzene ring substituents is 1. The molecule has 1 heterocycles. The summed E-state index contributed by atoms with van der Waals surface area (Å²) in [6.07, 6.45) is 0. The highest BCUT2D eigenvalue weighted by Gasteiger charge is 2.19. The van der Waals surface area contributed by atoms with Gasteiger partial charge in [-0.2, -0.15) is 5.26 Å². The van der Waals surface area contributed by atoms with Crippen LogP contribution in [0.1, 0.15) is 11.4 Å². The summed E-state index contributed by atoms with van der Waals surface area (Å²) in [7, 11) is 0. The Labute approximate surface area is 120 Å². The molecule has 0 atom stereocenters. The molecule has 0 fully saturated rings. The van der Waals surface area contributed by atoms with E-state index >= 15 is 0 Å². The highest BCUT2D eigenvalue weighted by molar-refractivity contribution is 5.79. The van der Waals surface area contributed by atoms with Gasteiger partial charge in [-0.05, 0) is 31.2 Å². The largest absolute Gasteiger partial charge is 0.294 e. The first-order valence-corrected chi connectivity index (χ1v) is 6.25. The summed E-state index contributed by atoms with van der Waals surface area (Å²) in [6, 6.07) is 13.8. The molecule has 21 heavy (non-hydrogen) atoms. The molecule has 0 saturated heterocycles. The number of nitriles is 1. The summed E-state index contributed by atoms with van der Waals surface area (Å²) in [5.74, 6) is 0.656. The molecule has 0 spiro atoms. The minimum Gasteiger partial charge on any atom is -0.290 e. The molecule has 0 aliphatic heterocycles. The standard InChI is InChI=1S/C15H10N4O2/c1-10-17-12-4-2-3-5-13(12)18(10)14-7-6-11(9-16)8-15(14)19(20)21/h2-8H,1H3. The quantitative estimate of drug-likeness (QED) is 0.532. The zero-order valence-electron chi connectivity index (χ0n) is 11.1. The van der Waals surface area contributed by atoms with Crippen LogP contribution in [-0.2, 0) is 0 Å². The summed E-state index contributed by atoms with van der Waals surface area (Å²) < 4.78 is 1.73. The van der Waals surface area contributed by atoms with E-state index in [1.165, 1.54) is 6.07 Å². The lowest BCUT2D eigenvalue weighted by Gasteiger charge is -2.07. The van der Waals surface area contributed by atoms with Crippen molar-refractivity contribution in [3.63, 3.8) is 0 Å². The van der Waals surface area contributed by atoms with Crippen LogP contribution in [0.2, 0.25) is 0 Å². The second-order valence-electron chi connectivity index (χ2n) is 4.56. The SMILES string of the molecule is Cc1nc2ccccc2n1-c1ccc(C#N)cc1[N+](=O)[O-]. The summed E-state index contributed by atoms with van der Waals surface area (Å²) in [4.78, 5) is 15.2. The molecular formula is C15H10N4O2. The molecule has 0 unspecified atom stereocenters. The Hall–Kier alpha value is -3.20. The van der Waals surface area contributed by atoms with Crippen LogP contribution in [0.25, 0.3) is 16.7 Å². The van der Waals surface area contributed by atoms with Crippen LogP contribution in [0, 0.1) is 28.4 Å². The van der Waals surface area contributed by atoms with Gasteiger partial charge >= 0.3 is 0 Å². The van der Waals surface area contributed by atoms with E-state index in [-0.39, 0.29) is 11.3 Å². The fourth-order valence-corrected chi connectivity index (χ4v) is 2.38. The molecule has 3 aromatic rings. The van der Waals surface area contributed by atoms with Crippen LogP contribution >= 0.6 is 0 Å². The number of aromatic nitrogens is 2. The number of fused-ring (bicyclic) bond motifs is 1. The first kappa shape index (κ1) is 12.8. The number of imidazole rings is 1. The molecule has 0 aliphatic carbocycles. The Balaban J connectivity index is 2.36. The van der Waals surface area contributed by atoms with Crippen molar-refractivity contribution in [3.05, 3.63) is 64.0 Å². The van der Waals surface area contributed by atoms with E-state index in [1.54, 1.807) is 23.6 Å². The van der Waals surface area contributed by atoms with Crippen LogP contribution in [0.3, 0.4) is 0 Å².